The lowest BCUT2D eigenvalue weighted by atomic mass is 10.1. The standard InChI is InChI=1S/C43H74O5/c1-3-5-7-9-11-13-15-17-19-20-21-22-24-26-28-30-32-34-36-38-43(46)48-41(39-44)40-47-42(45)37-35-33-31-29-27-25-23-18-16-14-12-10-8-6-4-2/h11,13,17-19,21-23,26,28,41,44H,3-10,12,14-16,20,24-25,27,29-40H2,1-2H3/b13-11-,19-17-,22-21-,23-18-,28-26-/t41-/m0/s1. The second kappa shape index (κ2) is 39.0. The maximum atomic E-state index is 12.2. The third kappa shape index (κ3) is 36.4. The van der Waals surface area contributed by atoms with Gasteiger partial charge in [-0.3, -0.25) is 9.59 Å². The Hall–Kier alpha value is -2.40. The van der Waals surface area contributed by atoms with Crippen LogP contribution in [0.1, 0.15) is 181 Å². The summed E-state index contributed by atoms with van der Waals surface area (Å²) in [4.78, 5) is 24.2. The fourth-order valence-electron chi connectivity index (χ4n) is 5.24. The molecule has 0 aliphatic carbocycles. The fourth-order valence-corrected chi connectivity index (χ4v) is 5.24. The molecular formula is C43H74O5. The van der Waals surface area contributed by atoms with Crippen molar-refractivity contribution in [3.05, 3.63) is 60.8 Å². The quantitative estimate of drug-likeness (QED) is 0.0413. The minimum absolute atomic E-state index is 0.0851. The van der Waals surface area contributed by atoms with Gasteiger partial charge in [-0.25, -0.2) is 0 Å². The molecule has 0 amide bonds. The van der Waals surface area contributed by atoms with Crippen molar-refractivity contribution in [1.29, 1.82) is 0 Å². The molecule has 1 N–H and O–H groups in total. The highest BCUT2D eigenvalue weighted by atomic mass is 16.6. The van der Waals surface area contributed by atoms with E-state index in [-0.39, 0.29) is 25.2 Å². The van der Waals surface area contributed by atoms with E-state index in [0.29, 0.717) is 12.8 Å². The number of esters is 2. The first-order valence-electron chi connectivity index (χ1n) is 19.8. The molecule has 1 atom stereocenters. The van der Waals surface area contributed by atoms with Crippen molar-refractivity contribution in [2.24, 2.45) is 0 Å². The van der Waals surface area contributed by atoms with E-state index in [1.165, 1.54) is 83.5 Å². The van der Waals surface area contributed by atoms with Crippen LogP contribution in [0.3, 0.4) is 0 Å². The SMILES string of the molecule is CCCCC/C=C\C/C=C\C/C=C\C/C=C\CCCCCC(=O)O[C@@H](CO)COC(=O)CCCCCCC/C=C\CCCCCCCC. The summed E-state index contributed by atoms with van der Waals surface area (Å²) in [7, 11) is 0. The van der Waals surface area contributed by atoms with Crippen molar-refractivity contribution in [3.8, 4) is 0 Å². The molecule has 0 aromatic rings. The molecule has 5 heteroatoms. The molecule has 0 unspecified atom stereocenters. The normalized spacial score (nSPS) is 12.8. The van der Waals surface area contributed by atoms with Gasteiger partial charge < -0.3 is 14.6 Å². The van der Waals surface area contributed by atoms with Crippen molar-refractivity contribution in [3.63, 3.8) is 0 Å². The van der Waals surface area contributed by atoms with Crippen molar-refractivity contribution in [2.75, 3.05) is 13.2 Å². The molecule has 0 saturated heterocycles. The molecule has 0 aliphatic rings. The van der Waals surface area contributed by atoms with Crippen LogP contribution in [-0.4, -0.2) is 36.4 Å². The summed E-state index contributed by atoms with van der Waals surface area (Å²) < 4.78 is 10.6. The zero-order chi connectivity index (χ0) is 35.0. The van der Waals surface area contributed by atoms with Crippen molar-refractivity contribution in [2.45, 2.75) is 187 Å². The number of aliphatic hydroxyl groups is 1. The van der Waals surface area contributed by atoms with Crippen LogP contribution in [0.2, 0.25) is 0 Å². The molecule has 0 bridgehead atoms. The Morgan fingerprint density at radius 2 is 0.833 bits per heavy atom. The predicted molar refractivity (Wildman–Crippen MR) is 205 cm³/mol. The van der Waals surface area contributed by atoms with Gasteiger partial charge in [0.2, 0.25) is 0 Å². The summed E-state index contributed by atoms with van der Waals surface area (Å²) in [6.45, 7) is 4.06. The highest BCUT2D eigenvalue weighted by Gasteiger charge is 2.16. The van der Waals surface area contributed by atoms with Gasteiger partial charge in [-0.15, -0.1) is 0 Å². The summed E-state index contributed by atoms with van der Waals surface area (Å²) in [6.07, 6.45) is 49.9. The van der Waals surface area contributed by atoms with E-state index in [1.54, 1.807) is 0 Å². The highest BCUT2D eigenvalue weighted by Crippen LogP contribution is 2.11. The van der Waals surface area contributed by atoms with Crippen LogP contribution >= 0.6 is 0 Å². The zero-order valence-electron chi connectivity index (χ0n) is 31.2. The number of hydrogen-bond donors (Lipinski definition) is 1. The van der Waals surface area contributed by atoms with Crippen LogP contribution in [0.25, 0.3) is 0 Å². The van der Waals surface area contributed by atoms with Crippen molar-refractivity contribution in [1.82, 2.24) is 0 Å². The van der Waals surface area contributed by atoms with Gasteiger partial charge in [0.15, 0.2) is 6.10 Å². The highest BCUT2D eigenvalue weighted by molar-refractivity contribution is 5.70. The summed E-state index contributed by atoms with van der Waals surface area (Å²) in [5.74, 6) is -0.640. The third-order valence-corrected chi connectivity index (χ3v) is 8.28. The number of ether oxygens (including phenoxy) is 2. The Morgan fingerprint density at radius 1 is 0.479 bits per heavy atom. The van der Waals surface area contributed by atoms with Gasteiger partial charge in [0, 0.05) is 12.8 Å². The average Bonchev–Trinajstić information content (AvgIpc) is 3.09. The lowest BCUT2D eigenvalue weighted by Crippen LogP contribution is -2.28. The van der Waals surface area contributed by atoms with Crippen LogP contribution in [0, 0.1) is 0 Å². The van der Waals surface area contributed by atoms with E-state index in [0.717, 1.165) is 70.6 Å². The van der Waals surface area contributed by atoms with Gasteiger partial charge in [-0.05, 0) is 83.5 Å². The molecule has 0 aromatic heterocycles. The molecule has 0 heterocycles. The van der Waals surface area contributed by atoms with E-state index >= 15 is 0 Å². The number of carbonyl (C=O) groups is 2. The first-order chi connectivity index (χ1) is 23.6. The molecule has 276 valence electrons. The molecule has 0 fully saturated rings. The molecule has 0 rings (SSSR count). The first-order valence-corrected chi connectivity index (χ1v) is 19.8. The van der Waals surface area contributed by atoms with E-state index < -0.39 is 6.10 Å². The van der Waals surface area contributed by atoms with Crippen LogP contribution in [-0.2, 0) is 19.1 Å². The second-order valence-electron chi connectivity index (χ2n) is 13.0. The molecular weight excluding hydrogens is 596 g/mol. The van der Waals surface area contributed by atoms with Crippen LogP contribution < -0.4 is 0 Å². The zero-order valence-corrected chi connectivity index (χ0v) is 31.2. The third-order valence-electron chi connectivity index (χ3n) is 8.28. The number of carbonyl (C=O) groups excluding carboxylic acids is 2. The Balaban J connectivity index is 3.66. The van der Waals surface area contributed by atoms with Crippen LogP contribution in [0.5, 0.6) is 0 Å². The molecule has 5 nitrogen and oxygen atoms in total. The number of unbranched alkanes of at least 4 members (excludes halogenated alkanes) is 17. The minimum Gasteiger partial charge on any atom is -0.462 e. The lowest BCUT2D eigenvalue weighted by molar-refractivity contribution is -0.161. The lowest BCUT2D eigenvalue weighted by Gasteiger charge is -2.15. The van der Waals surface area contributed by atoms with Crippen LogP contribution in [0.15, 0.2) is 60.8 Å². The number of rotatable bonds is 35. The van der Waals surface area contributed by atoms with Gasteiger partial charge in [0.1, 0.15) is 6.61 Å². The Morgan fingerprint density at radius 3 is 1.33 bits per heavy atom. The first kappa shape index (κ1) is 45.6. The predicted octanol–water partition coefficient (Wildman–Crippen LogP) is 12.4. The number of aliphatic hydroxyl groups excluding tert-OH is 1. The summed E-state index contributed by atoms with van der Waals surface area (Å²) in [5, 5.41) is 9.55. The van der Waals surface area contributed by atoms with E-state index in [4.69, 9.17) is 9.47 Å². The van der Waals surface area contributed by atoms with Gasteiger partial charge in [0.05, 0.1) is 6.61 Å². The van der Waals surface area contributed by atoms with Gasteiger partial charge in [0.25, 0.3) is 0 Å². The monoisotopic (exact) mass is 671 g/mol. The molecule has 0 radical (unpaired) electrons. The second-order valence-corrected chi connectivity index (χ2v) is 13.0. The van der Waals surface area contributed by atoms with E-state index in [2.05, 4.69) is 74.6 Å². The molecule has 0 aromatic carbocycles. The van der Waals surface area contributed by atoms with Crippen molar-refractivity contribution < 1.29 is 24.2 Å². The van der Waals surface area contributed by atoms with Gasteiger partial charge in [-0.1, -0.05) is 145 Å². The number of allylic oxidation sites excluding steroid dienone is 10. The molecule has 48 heavy (non-hydrogen) atoms. The van der Waals surface area contributed by atoms with Gasteiger partial charge in [-0.2, -0.15) is 0 Å². The largest absolute Gasteiger partial charge is 0.462 e. The van der Waals surface area contributed by atoms with E-state index in [1.807, 2.05) is 0 Å². The van der Waals surface area contributed by atoms with Crippen molar-refractivity contribution >= 4 is 11.9 Å². The van der Waals surface area contributed by atoms with Gasteiger partial charge >= 0.3 is 11.9 Å². The smallest absolute Gasteiger partial charge is 0.306 e. The fraction of sp³-hybridized carbons (Fsp3) is 0.721. The molecule has 0 spiro atoms. The maximum absolute atomic E-state index is 12.2. The van der Waals surface area contributed by atoms with E-state index in [9.17, 15) is 14.7 Å². The Bertz CT molecular complexity index is 853. The maximum Gasteiger partial charge on any atom is 0.306 e. The number of hydrogen-bond acceptors (Lipinski definition) is 5. The summed E-state index contributed by atoms with van der Waals surface area (Å²) >= 11 is 0. The topological polar surface area (TPSA) is 72.8 Å². The van der Waals surface area contributed by atoms with Crippen LogP contribution in [0.4, 0.5) is 0 Å². The summed E-state index contributed by atoms with van der Waals surface area (Å²) in [6, 6.07) is 0. The molecule has 0 saturated carbocycles. The summed E-state index contributed by atoms with van der Waals surface area (Å²) in [5.41, 5.74) is 0. The Kier molecular flexibility index (Phi) is 37.1. The average molecular weight is 671 g/mol. The Labute approximate surface area is 296 Å². The minimum atomic E-state index is -0.792. The molecule has 0 aliphatic heterocycles.